The quantitative estimate of drug-likeness (QED) is 0.259. The van der Waals surface area contributed by atoms with Gasteiger partial charge in [-0.05, 0) is 68.6 Å². The number of para-hydroxylation sites is 1. The van der Waals surface area contributed by atoms with Crippen LogP contribution in [0.1, 0.15) is 33.6 Å². The number of amides is 1. The van der Waals surface area contributed by atoms with Crippen molar-refractivity contribution in [2.24, 2.45) is 5.92 Å². The zero-order valence-electron chi connectivity index (χ0n) is 21.5. The molecule has 1 fully saturated rings. The van der Waals surface area contributed by atoms with E-state index in [9.17, 15) is 19.5 Å². The molecule has 2 aromatic carbocycles. The highest BCUT2D eigenvalue weighted by atomic mass is 35.5. The fraction of sp³-hybridized carbons (Fsp3) is 0.321. The Morgan fingerprint density at radius 2 is 1.77 bits per heavy atom. The van der Waals surface area contributed by atoms with Gasteiger partial charge in [-0.2, -0.15) is 0 Å². The fourth-order valence-electron chi connectivity index (χ4n) is 4.56. The first-order chi connectivity index (χ1) is 18.7. The molecule has 0 saturated carbocycles. The zero-order chi connectivity index (χ0) is 28.1. The summed E-state index contributed by atoms with van der Waals surface area (Å²) in [5, 5.41) is 24.9. The first-order valence-electron chi connectivity index (χ1n) is 12.4. The Morgan fingerprint density at radius 1 is 1.10 bits per heavy atom. The van der Waals surface area contributed by atoms with E-state index in [2.05, 4.69) is 10.6 Å². The van der Waals surface area contributed by atoms with Gasteiger partial charge in [0.2, 0.25) is 0 Å². The maximum absolute atomic E-state index is 13.6. The van der Waals surface area contributed by atoms with E-state index in [4.69, 9.17) is 26.2 Å². The van der Waals surface area contributed by atoms with Crippen LogP contribution in [0.4, 0.5) is 5.69 Å². The molecule has 11 heteroatoms. The van der Waals surface area contributed by atoms with Crippen molar-refractivity contribution >= 4 is 46.5 Å². The number of piperidine rings is 1. The van der Waals surface area contributed by atoms with Gasteiger partial charge in [-0.15, -0.1) is 11.3 Å². The molecule has 0 radical (unpaired) electrons. The number of anilines is 1. The molecule has 39 heavy (non-hydrogen) atoms. The summed E-state index contributed by atoms with van der Waals surface area (Å²) in [6.07, 6.45) is 0.783. The van der Waals surface area contributed by atoms with E-state index in [1.54, 1.807) is 24.3 Å². The van der Waals surface area contributed by atoms with Crippen LogP contribution < -0.4 is 20.1 Å². The van der Waals surface area contributed by atoms with E-state index < -0.39 is 24.6 Å². The minimum Gasteiger partial charge on any atom is -0.480 e. The van der Waals surface area contributed by atoms with E-state index >= 15 is 0 Å². The molecule has 1 aromatic heterocycles. The Morgan fingerprint density at radius 3 is 2.41 bits per heavy atom. The SMILES string of the molecule is Cc1cccc(C)c1NC(=O)C(Oc1cccc(-c2sc(C(=O)O)c(OCC(=O)O)c2Cl)c1)C1CCNCC1. The van der Waals surface area contributed by atoms with Crippen molar-refractivity contribution in [3.63, 3.8) is 0 Å². The van der Waals surface area contributed by atoms with Crippen LogP contribution in [0.3, 0.4) is 0 Å². The van der Waals surface area contributed by atoms with Crippen LogP contribution in [-0.4, -0.2) is 53.9 Å². The van der Waals surface area contributed by atoms with E-state index in [-0.39, 0.29) is 27.5 Å². The van der Waals surface area contributed by atoms with Crippen molar-refractivity contribution in [3.8, 4) is 21.9 Å². The van der Waals surface area contributed by atoms with Crippen LogP contribution in [0.2, 0.25) is 5.02 Å². The smallest absolute Gasteiger partial charge is 0.349 e. The van der Waals surface area contributed by atoms with Gasteiger partial charge >= 0.3 is 11.9 Å². The molecule has 0 bridgehead atoms. The van der Waals surface area contributed by atoms with Gasteiger partial charge in [-0.3, -0.25) is 4.79 Å². The number of carboxylic acids is 2. The van der Waals surface area contributed by atoms with Crippen molar-refractivity contribution in [2.75, 3.05) is 25.0 Å². The van der Waals surface area contributed by atoms with E-state index in [1.807, 2.05) is 32.0 Å². The van der Waals surface area contributed by atoms with Crippen molar-refractivity contribution in [1.29, 1.82) is 0 Å². The summed E-state index contributed by atoms with van der Waals surface area (Å²) in [5.41, 5.74) is 3.22. The van der Waals surface area contributed by atoms with Crippen LogP contribution in [-0.2, 0) is 9.59 Å². The number of ether oxygens (including phenoxy) is 2. The number of nitrogens with one attached hydrogen (secondary N) is 2. The number of carbonyl (C=O) groups excluding carboxylic acids is 1. The molecule has 2 heterocycles. The molecule has 4 rings (SSSR count). The molecule has 0 spiro atoms. The first kappa shape index (κ1) is 28.4. The van der Waals surface area contributed by atoms with Crippen LogP contribution in [0, 0.1) is 19.8 Å². The maximum Gasteiger partial charge on any atom is 0.349 e. The Labute approximate surface area is 234 Å². The highest BCUT2D eigenvalue weighted by Crippen LogP contribution is 2.46. The number of benzene rings is 2. The molecule has 1 saturated heterocycles. The molecular weight excluding hydrogens is 544 g/mol. The summed E-state index contributed by atoms with van der Waals surface area (Å²) in [6, 6.07) is 12.7. The van der Waals surface area contributed by atoms with Gasteiger partial charge in [0.25, 0.3) is 5.91 Å². The maximum atomic E-state index is 13.6. The molecular formula is C28H29ClN2O7S. The van der Waals surface area contributed by atoms with E-state index in [1.165, 1.54) is 0 Å². The normalized spacial score (nSPS) is 14.4. The summed E-state index contributed by atoms with van der Waals surface area (Å²) in [7, 11) is 0. The largest absolute Gasteiger partial charge is 0.480 e. The van der Waals surface area contributed by atoms with Crippen LogP contribution in [0.5, 0.6) is 11.5 Å². The topological polar surface area (TPSA) is 134 Å². The summed E-state index contributed by atoms with van der Waals surface area (Å²) >= 11 is 7.33. The molecule has 4 N–H and O–H groups in total. The third-order valence-corrected chi connectivity index (χ3v) is 8.18. The lowest BCUT2D eigenvalue weighted by atomic mass is 9.91. The number of thiophene rings is 1. The number of aromatic carboxylic acids is 1. The lowest BCUT2D eigenvalue weighted by molar-refractivity contribution is -0.139. The van der Waals surface area contributed by atoms with Gasteiger partial charge in [0.05, 0.1) is 4.88 Å². The number of halogens is 1. The second-order valence-corrected chi connectivity index (χ2v) is 10.7. The number of carbonyl (C=O) groups is 3. The molecule has 1 aliphatic heterocycles. The predicted octanol–water partition coefficient (Wildman–Crippen LogP) is 5.23. The third-order valence-electron chi connectivity index (χ3n) is 6.50. The molecule has 1 atom stereocenters. The lowest BCUT2D eigenvalue weighted by Crippen LogP contribution is -2.44. The molecule has 1 amide bonds. The van der Waals surface area contributed by atoms with Crippen molar-refractivity contribution in [2.45, 2.75) is 32.8 Å². The molecule has 206 valence electrons. The van der Waals surface area contributed by atoms with Crippen LogP contribution in [0.25, 0.3) is 10.4 Å². The standard InChI is InChI=1S/C28H29ClN2O7S/c1-15-5-3-6-16(2)22(15)31-27(34)23(17-9-11-30-12-10-17)38-19-8-4-7-18(13-19)25-21(29)24(37-14-20(32)33)26(39-25)28(35)36/h3-8,13,17,23,30H,9-12,14H2,1-2H3,(H,31,34)(H,32,33)(H,35,36). The van der Waals surface area contributed by atoms with Gasteiger partial charge in [0, 0.05) is 11.6 Å². The number of hydrogen-bond donors (Lipinski definition) is 4. The Balaban J connectivity index is 1.64. The zero-order valence-corrected chi connectivity index (χ0v) is 23.0. The van der Waals surface area contributed by atoms with Crippen LogP contribution >= 0.6 is 22.9 Å². The summed E-state index contributed by atoms with van der Waals surface area (Å²) < 4.78 is 11.5. The minimum absolute atomic E-state index is 0.00141. The number of aliphatic carboxylic acids is 1. The van der Waals surface area contributed by atoms with Crippen molar-refractivity contribution in [1.82, 2.24) is 5.32 Å². The molecule has 9 nitrogen and oxygen atoms in total. The Bertz CT molecular complexity index is 1360. The lowest BCUT2D eigenvalue weighted by Gasteiger charge is -2.30. The summed E-state index contributed by atoms with van der Waals surface area (Å²) in [6.45, 7) is 4.72. The number of hydrogen-bond acceptors (Lipinski definition) is 7. The highest BCUT2D eigenvalue weighted by Gasteiger charge is 2.32. The van der Waals surface area contributed by atoms with Crippen molar-refractivity contribution < 1.29 is 34.1 Å². The molecule has 3 aromatic rings. The number of aryl methyl sites for hydroxylation is 2. The summed E-state index contributed by atoms with van der Waals surface area (Å²) in [4.78, 5) is 36.5. The first-order valence-corrected chi connectivity index (χ1v) is 13.6. The molecule has 1 unspecified atom stereocenters. The van der Waals surface area contributed by atoms with E-state index in [0.717, 1.165) is 54.1 Å². The average molecular weight is 573 g/mol. The van der Waals surface area contributed by atoms with Gasteiger partial charge in [-0.1, -0.05) is 41.9 Å². The Hall–Kier alpha value is -3.60. The monoisotopic (exact) mass is 572 g/mol. The number of rotatable bonds is 10. The van der Waals surface area contributed by atoms with Gasteiger partial charge in [0.1, 0.15) is 10.8 Å². The van der Waals surface area contributed by atoms with Crippen LogP contribution in [0.15, 0.2) is 42.5 Å². The number of carboxylic acid groups (broad SMARTS) is 2. The van der Waals surface area contributed by atoms with Gasteiger partial charge < -0.3 is 30.3 Å². The molecule has 0 aliphatic carbocycles. The highest BCUT2D eigenvalue weighted by molar-refractivity contribution is 7.18. The van der Waals surface area contributed by atoms with Crippen molar-refractivity contribution in [3.05, 3.63) is 63.5 Å². The minimum atomic E-state index is -1.28. The summed E-state index contributed by atoms with van der Waals surface area (Å²) in [5.74, 6) is -2.57. The molecule has 1 aliphatic rings. The second kappa shape index (κ2) is 12.5. The predicted molar refractivity (Wildman–Crippen MR) is 149 cm³/mol. The van der Waals surface area contributed by atoms with E-state index in [0.29, 0.717) is 16.2 Å². The Kier molecular flexibility index (Phi) is 9.11. The average Bonchev–Trinajstić information content (AvgIpc) is 3.25. The second-order valence-electron chi connectivity index (χ2n) is 9.30. The van der Waals surface area contributed by atoms with Gasteiger partial charge in [0.15, 0.2) is 23.3 Å². The fourth-order valence-corrected chi connectivity index (χ4v) is 5.96. The third kappa shape index (κ3) is 6.70. The van der Waals surface area contributed by atoms with Gasteiger partial charge in [-0.25, -0.2) is 9.59 Å².